The number of amides is 1. The van der Waals surface area contributed by atoms with Crippen molar-refractivity contribution in [1.82, 2.24) is 0 Å². The van der Waals surface area contributed by atoms with Crippen molar-refractivity contribution in [2.24, 2.45) is 0 Å². The molecule has 0 spiro atoms. The van der Waals surface area contributed by atoms with E-state index >= 15 is 0 Å². The number of methoxy groups -OCH3 is 5. The molecule has 0 atom stereocenters. The third-order valence-electron chi connectivity index (χ3n) is 3.78. The molecule has 0 radical (unpaired) electrons. The van der Waals surface area contributed by atoms with Crippen LogP contribution in [-0.4, -0.2) is 41.5 Å². The zero-order valence-electron chi connectivity index (χ0n) is 16.0. The number of benzene rings is 2. The Morgan fingerprint density at radius 1 is 0.815 bits per heavy atom. The Morgan fingerprint density at radius 3 is 1.96 bits per heavy atom. The van der Waals surface area contributed by atoms with E-state index in [1.807, 2.05) is 0 Å². The Labute approximate surface area is 158 Å². The van der Waals surface area contributed by atoms with E-state index in [-0.39, 0.29) is 5.91 Å². The van der Waals surface area contributed by atoms with E-state index in [1.165, 1.54) is 34.5 Å². The molecule has 27 heavy (non-hydrogen) atoms. The maximum Gasteiger partial charge on any atom is 0.248 e. The first-order valence-electron chi connectivity index (χ1n) is 8.07. The number of carbonyl (C=O) groups excluding carboxylic acids is 1. The lowest BCUT2D eigenvalue weighted by atomic mass is 10.1. The van der Waals surface area contributed by atoms with E-state index < -0.39 is 0 Å². The van der Waals surface area contributed by atoms with Crippen molar-refractivity contribution < 1.29 is 28.5 Å². The molecule has 0 bridgehead atoms. The summed E-state index contributed by atoms with van der Waals surface area (Å²) >= 11 is 0. The summed E-state index contributed by atoms with van der Waals surface area (Å²) in [7, 11) is 7.69. The van der Waals surface area contributed by atoms with Crippen LogP contribution in [0.3, 0.4) is 0 Å². The van der Waals surface area contributed by atoms with Gasteiger partial charge in [-0.3, -0.25) is 4.79 Å². The fraction of sp³-hybridized carbons (Fsp3) is 0.250. The van der Waals surface area contributed by atoms with E-state index in [0.29, 0.717) is 34.4 Å². The normalized spacial score (nSPS) is 10.4. The third-order valence-corrected chi connectivity index (χ3v) is 3.78. The minimum absolute atomic E-state index is 0.324. The van der Waals surface area contributed by atoms with Gasteiger partial charge in [0, 0.05) is 12.1 Å². The summed E-state index contributed by atoms with van der Waals surface area (Å²) in [5.41, 5.74) is 1.23. The van der Waals surface area contributed by atoms with E-state index in [9.17, 15) is 4.79 Å². The maximum absolute atomic E-state index is 12.3. The van der Waals surface area contributed by atoms with Crippen molar-refractivity contribution in [2.45, 2.75) is 0 Å². The third kappa shape index (κ3) is 4.84. The molecule has 2 aromatic rings. The average Bonchev–Trinajstić information content (AvgIpc) is 2.71. The van der Waals surface area contributed by atoms with E-state index in [4.69, 9.17) is 23.7 Å². The summed E-state index contributed by atoms with van der Waals surface area (Å²) in [6.07, 6.45) is 3.05. The Morgan fingerprint density at radius 2 is 1.44 bits per heavy atom. The SMILES string of the molecule is COc1ccc(OC)c(NC(=O)/C=C/c2cc(OC)c(OC)c(OC)c2)c1. The molecular formula is C20H23NO6. The predicted octanol–water partition coefficient (Wildman–Crippen LogP) is 3.38. The van der Waals surface area contributed by atoms with Crippen molar-refractivity contribution in [2.75, 3.05) is 40.9 Å². The molecule has 0 aliphatic rings. The predicted molar refractivity (Wildman–Crippen MR) is 103 cm³/mol. The Balaban J connectivity index is 2.22. The topological polar surface area (TPSA) is 75.3 Å². The van der Waals surface area contributed by atoms with Gasteiger partial charge in [0.2, 0.25) is 11.7 Å². The van der Waals surface area contributed by atoms with Gasteiger partial charge in [0.15, 0.2) is 11.5 Å². The highest BCUT2D eigenvalue weighted by atomic mass is 16.5. The van der Waals surface area contributed by atoms with Crippen LogP contribution in [0.2, 0.25) is 0 Å². The van der Waals surface area contributed by atoms with E-state index in [0.717, 1.165) is 5.56 Å². The Bertz CT molecular complexity index is 806. The molecule has 0 aliphatic carbocycles. The smallest absolute Gasteiger partial charge is 0.248 e. The second-order valence-electron chi connectivity index (χ2n) is 5.35. The lowest BCUT2D eigenvalue weighted by Gasteiger charge is -2.13. The molecule has 0 aromatic heterocycles. The van der Waals surface area contributed by atoms with Gasteiger partial charge in [-0.25, -0.2) is 0 Å². The minimum Gasteiger partial charge on any atom is -0.497 e. The maximum atomic E-state index is 12.3. The van der Waals surface area contributed by atoms with Crippen LogP contribution < -0.4 is 29.0 Å². The van der Waals surface area contributed by atoms with Crippen molar-refractivity contribution in [3.63, 3.8) is 0 Å². The monoisotopic (exact) mass is 373 g/mol. The average molecular weight is 373 g/mol. The van der Waals surface area contributed by atoms with Gasteiger partial charge in [-0.05, 0) is 35.9 Å². The standard InChI is InChI=1S/C20H23NO6/c1-23-14-7-8-16(24-2)15(12-14)21-19(22)9-6-13-10-17(25-3)20(27-5)18(11-13)26-4/h6-12H,1-5H3,(H,21,22)/b9-6+. The van der Waals surface area contributed by atoms with Crippen molar-refractivity contribution in [3.8, 4) is 28.7 Å². The van der Waals surface area contributed by atoms with Gasteiger partial charge in [0.25, 0.3) is 0 Å². The van der Waals surface area contributed by atoms with Gasteiger partial charge in [-0.1, -0.05) is 0 Å². The number of ether oxygens (including phenoxy) is 5. The first-order valence-corrected chi connectivity index (χ1v) is 8.07. The van der Waals surface area contributed by atoms with Crippen molar-refractivity contribution in [1.29, 1.82) is 0 Å². The number of hydrogen-bond donors (Lipinski definition) is 1. The van der Waals surface area contributed by atoms with Gasteiger partial charge >= 0.3 is 0 Å². The van der Waals surface area contributed by atoms with Gasteiger partial charge in [0.1, 0.15) is 11.5 Å². The molecule has 2 rings (SSSR count). The fourth-order valence-electron chi connectivity index (χ4n) is 2.46. The van der Waals surface area contributed by atoms with Crippen molar-refractivity contribution in [3.05, 3.63) is 42.0 Å². The van der Waals surface area contributed by atoms with Crippen LogP contribution >= 0.6 is 0 Å². The molecule has 0 heterocycles. The summed E-state index contributed by atoms with van der Waals surface area (Å²) in [6, 6.07) is 8.65. The molecule has 144 valence electrons. The largest absolute Gasteiger partial charge is 0.497 e. The lowest BCUT2D eigenvalue weighted by molar-refractivity contribution is -0.111. The van der Waals surface area contributed by atoms with Gasteiger partial charge in [0.05, 0.1) is 41.2 Å². The molecule has 0 fully saturated rings. The lowest BCUT2D eigenvalue weighted by Crippen LogP contribution is -2.09. The Hall–Kier alpha value is -3.35. The van der Waals surface area contributed by atoms with E-state index in [1.54, 1.807) is 43.5 Å². The van der Waals surface area contributed by atoms with Gasteiger partial charge in [-0.2, -0.15) is 0 Å². The molecule has 0 saturated carbocycles. The van der Waals surface area contributed by atoms with Crippen LogP contribution in [0.1, 0.15) is 5.56 Å². The van der Waals surface area contributed by atoms with Crippen LogP contribution in [0.4, 0.5) is 5.69 Å². The molecule has 0 aliphatic heterocycles. The number of carbonyl (C=O) groups is 1. The van der Waals surface area contributed by atoms with Crippen LogP contribution in [0.5, 0.6) is 28.7 Å². The number of rotatable bonds is 8. The number of anilines is 1. The van der Waals surface area contributed by atoms with E-state index in [2.05, 4.69) is 5.32 Å². The fourth-order valence-corrected chi connectivity index (χ4v) is 2.46. The summed E-state index contributed by atoms with van der Waals surface area (Å²) < 4.78 is 26.3. The highest BCUT2D eigenvalue weighted by Gasteiger charge is 2.12. The van der Waals surface area contributed by atoms with Crippen molar-refractivity contribution >= 4 is 17.7 Å². The zero-order chi connectivity index (χ0) is 19.8. The molecule has 1 amide bonds. The molecule has 7 heteroatoms. The first kappa shape index (κ1) is 20.0. The van der Waals surface area contributed by atoms with Crippen LogP contribution in [0.15, 0.2) is 36.4 Å². The molecule has 1 N–H and O–H groups in total. The molecular weight excluding hydrogens is 350 g/mol. The highest BCUT2D eigenvalue weighted by Crippen LogP contribution is 2.38. The number of hydrogen-bond acceptors (Lipinski definition) is 6. The first-order chi connectivity index (χ1) is 13.1. The summed E-state index contributed by atoms with van der Waals surface area (Å²) in [4.78, 5) is 12.3. The van der Waals surface area contributed by atoms with Crippen LogP contribution in [0, 0.1) is 0 Å². The second-order valence-corrected chi connectivity index (χ2v) is 5.35. The zero-order valence-corrected chi connectivity index (χ0v) is 16.0. The van der Waals surface area contributed by atoms with Crippen LogP contribution in [-0.2, 0) is 4.79 Å². The highest BCUT2D eigenvalue weighted by molar-refractivity contribution is 6.03. The van der Waals surface area contributed by atoms with Gasteiger partial charge < -0.3 is 29.0 Å². The quantitative estimate of drug-likeness (QED) is 0.715. The minimum atomic E-state index is -0.324. The summed E-state index contributed by atoms with van der Waals surface area (Å²) in [5.74, 6) is 2.32. The summed E-state index contributed by atoms with van der Waals surface area (Å²) in [6.45, 7) is 0. The second kappa shape index (κ2) is 9.38. The Kier molecular flexibility index (Phi) is 6.93. The molecule has 7 nitrogen and oxygen atoms in total. The number of nitrogens with one attached hydrogen (secondary N) is 1. The molecule has 0 unspecified atom stereocenters. The molecule has 2 aromatic carbocycles. The van der Waals surface area contributed by atoms with Crippen LogP contribution in [0.25, 0.3) is 6.08 Å². The van der Waals surface area contributed by atoms with Gasteiger partial charge in [-0.15, -0.1) is 0 Å². The summed E-state index contributed by atoms with van der Waals surface area (Å²) in [5, 5.41) is 2.77. The molecule has 0 saturated heterocycles.